The van der Waals surface area contributed by atoms with E-state index in [1.165, 1.54) is 18.2 Å². The zero-order valence-electron chi connectivity index (χ0n) is 13.7. The standard InChI is InChI=1S/C19H15Cl2NO4/c20-15-7-6-12(10-16(15)21)17(23)11-26-19(25)13-3-1-4-14(9-13)22-8-2-5-18(22)24/h1,3-4,6-7,9-10H,2,5,8,11H2. The molecule has 1 aliphatic heterocycles. The van der Waals surface area contributed by atoms with Crippen LogP contribution in [0.2, 0.25) is 10.0 Å². The Morgan fingerprint density at radius 1 is 1.04 bits per heavy atom. The van der Waals surface area contributed by atoms with Gasteiger partial charge < -0.3 is 9.64 Å². The van der Waals surface area contributed by atoms with E-state index in [0.29, 0.717) is 29.2 Å². The van der Waals surface area contributed by atoms with E-state index in [9.17, 15) is 14.4 Å². The first-order valence-electron chi connectivity index (χ1n) is 8.01. The van der Waals surface area contributed by atoms with Crippen LogP contribution >= 0.6 is 23.2 Å². The number of ether oxygens (including phenoxy) is 1. The van der Waals surface area contributed by atoms with Gasteiger partial charge in [-0.05, 0) is 42.8 Å². The summed E-state index contributed by atoms with van der Waals surface area (Å²) < 4.78 is 5.09. The summed E-state index contributed by atoms with van der Waals surface area (Å²) >= 11 is 11.7. The number of anilines is 1. The van der Waals surface area contributed by atoms with E-state index >= 15 is 0 Å². The highest BCUT2D eigenvalue weighted by atomic mass is 35.5. The fraction of sp³-hybridized carbons (Fsp3) is 0.211. The fourth-order valence-corrected chi connectivity index (χ4v) is 2.99. The second-order valence-electron chi connectivity index (χ2n) is 5.83. The van der Waals surface area contributed by atoms with Crippen LogP contribution in [0.4, 0.5) is 5.69 Å². The minimum Gasteiger partial charge on any atom is -0.454 e. The molecule has 2 aromatic rings. The Morgan fingerprint density at radius 2 is 1.85 bits per heavy atom. The number of hydrogen-bond acceptors (Lipinski definition) is 4. The lowest BCUT2D eigenvalue weighted by Crippen LogP contribution is -2.24. The van der Waals surface area contributed by atoms with Crippen LogP contribution in [0.25, 0.3) is 0 Å². The van der Waals surface area contributed by atoms with Gasteiger partial charge in [-0.25, -0.2) is 4.79 Å². The second-order valence-corrected chi connectivity index (χ2v) is 6.64. The Balaban J connectivity index is 1.65. The molecule has 3 rings (SSSR count). The molecule has 0 aliphatic carbocycles. The number of rotatable bonds is 5. The van der Waals surface area contributed by atoms with E-state index in [1.54, 1.807) is 29.2 Å². The molecule has 0 spiro atoms. The largest absolute Gasteiger partial charge is 0.454 e. The third-order valence-electron chi connectivity index (χ3n) is 4.04. The van der Waals surface area contributed by atoms with E-state index in [0.717, 1.165) is 6.42 Å². The van der Waals surface area contributed by atoms with Crippen LogP contribution in [0.3, 0.4) is 0 Å². The summed E-state index contributed by atoms with van der Waals surface area (Å²) in [5, 5.41) is 0.598. The maximum absolute atomic E-state index is 12.2. The van der Waals surface area contributed by atoms with Gasteiger partial charge in [-0.1, -0.05) is 29.3 Å². The number of esters is 1. The third kappa shape index (κ3) is 4.06. The Labute approximate surface area is 160 Å². The predicted octanol–water partition coefficient (Wildman–Crippen LogP) is 4.16. The molecule has 0 saturated carbocycles. The number of nitrogens with zero attached hydrogens (tertiary/aromatic N) is 1. The second kappa shape index (κ2) is 7.89. The molecular formula is C19H15Cl2NO4. The highest BCUT2D eigenvalue weighted by Gasteiger charge is 2.22. The Hall–Kier alpha value is -2.37. The predicted molar refractivity (Wildman–Crippen MR) is 99.1 cm³/mol. The molecule has 0 bridgehead atoms. The van der Waals surface area contributed by atoms with E-state index in [2.05, 4.69) is 0 Å². The molecule has 7 heteroatoms. The Bertz CT molecular complexity index is 882. The van der Waals surface area contributed by atoms with Crippen molar-refractivity contribution in [2.75, 3.05) is 18.1 Å². The van der Waals surface area contributed by atoms with Gasteiger partial charge >= 0.3 is 5.97 Å². The number of benzene rings is 2. The number of carbonyl (C=O) groups excluding carboxylic acids is 3. The summed E-state index contributed by atoms with van der Waals surface area (Å²) in [6, 6.07) is 11.1. The van der Waals surface area contributed by atoms with Crippen LogP contribution in [-0.2, 0) is 9.53 Å². The number of Topliss-reactive ketones (excluding diaryl/α,β-unsaturated/α-hetero) is 1. The molecule has 2 aromatic carbocycles. The molecule has 1 fully saturated rings. The van der Waals surface area contributed by atoms with Crippen molar-refractivity contribution < 1.29 is 19.1 Å². The zero-order chi connectivity index (χ0) is 18.7. The SMILES string of the molecule is O=C(COC(=O)c1cccc(N2CCCC2=O)c1)c1ccc(Cl)c(Cl)c1. The first kappa shape index (κ1) is 18.4. The van der Waals surface area contributed by atoms with Crippen molar-refractivity contribution in [1.29, 1.82) is 0 Å². The fourth-order valence-electron chi connectivity index (χ4n) is 2.69. The van der Waals surface area contributed by atoms with Crippen LogP contribution in [0.15, 0.2) is 42.5 Å². The highest BCUT2D eigenvalue weighted by Crippen LogP contribution is 2.24. The van der Waals surface area contributed by atoms with Gasteiger partial charge in [0.05, 0.1) is 15.6 Å². The molecule has 1 aliphatic rings. The number of halogens is 2. The molecule has 5 nitrogen and oxygen atoms in total. The lowest BCUT2D eigenvalue weighted by atomic mass is 10.1. The lowest BCUT2D eigenvalue weighted by Gasteiger charge is -2.16. The minimum absolute atomic E-state index is 0.0327. The van der Waals surface area contributed by atoms with Gasteiger partial charge in [0, 0.05) is 24.2 Å². The van der Waals surface area contributed by atoms with Gasteiger partial charge in [0.15, 0.2) is 12.4 Å². The van der Waals surface area contributed by atoms with E-state index < -0.39 is 12.6 Å². The average molecular weight is 392 g/mol. The maximum Gasteiger partial charge on any atom is 0.338 e. The van der Waals surface area contributed by atoms with E-state index in [1.807, 2.05) is 0 Å². The van der Waals surface area contributed by atoms with Crippen molar-refractivity contribution in [3.63, 3.8) is 0 Å². The quantitative estimate of drug-likeness (QED) is 0.566. The topological polar surface area (TPSA) is 63.7 Å². The first-order valence-corrected chi connectivity index (χ1v) is 8.77. The normalized spacial score (nSPS) is 13.8. The van der Waals surface area contributed by atoms with Crippen LogP contribution in [0.5, 0.6) is 0 Å². The summed E-state index contributed by atoms with van der Waals surface area (Å²) in [4.78, 5) is 37.8. The Kier molecular flexibility index (Phi) is 5.59. The van der Waals surface area contributed by atoms with Crippen LogP contribution < -0.4 is 4.90 Å². The summed E-state index contributed by atoms with van der Waals surface area (Å²) in [6.07, 6.45) is 1.30. The Morgan fingerprint density at radius 3 is 2.54 bits per heavy atom. The van der Waals surface area contributed by atoms with Gasteiger partial charge in [0.25, 0.3) is 0 Å². The van der Waals surface area contributed by atoms with Gasteiger partial charge in [0.1, 0.15) is 0 Å². The molecule has 0 aromatic heterocycles. The zero-order valence-corrected chi connectivity index (χ0v) is 15.2. The van der Waals surface area contributed by atoms with Crippen LogP contribution in [0, 0.1) is 0 Å². The number of ketones is 1. The van der Waals surface area contributed by atoms with E-state index in [4.69, 9.17) is 27.9 Å². The monoisotopic (exact) mass is 391 g/mol. The van der Waals surface area contributed by atoms with Crippen LogP contribution in [-0.4, -0.2) is 30.8 Å². The molecule has 26 heavy (non-hydrogen) atoms. The number of carbonyl (C=O) groups is 3. The molecule has 0 unspecified atom stereocenters. The molecule has 0 radical (unpaired) electrons. The van der Waals surface area contributed by atoms with Crippen molar-refractivity contribution in [3.8, 4) is 0 Å². The summed E-state index contributed by atoms with van der Waals surface area (Å²) in [6.45, 7) is 0.219. The average Bonchev–Trinajstić information content (AvgIpc) is 3.07. The van der Waals surface area contributed by atoms with Crippen molar-refractivity contribution in [1.82, 2.24) is 0 Å². The molecule has 1 heterocycles. The molecule has 1 saturated heterocycles. The number of amides is 1. The summed E-state index contributed by atoms with van der Waals surface area (Å²) in [5.74, 6) is -0.986. The molecule has 0 N–H and O–H groups in total. The summed E-state index contributed by atoms with van der Waals surface area (Å²) in [5.41, 5.74) is 1.24. The lowest BCUT2D eigenvalue weighted by molar-refractivity contribution is -0.117. The van der Waals surface area contributed by atoms with Crippen molar-refractivity contribution >= 4 is 46.5 Å². The van der Waals surface area contributed by atoms with E-state index in [-0.39, 0.29) is 22.3 Å². The third-order valence-corrected chi connectivity index (χ3v) is 4.78. The maximum atomic E-state index is 12.2. The van der Waals surface area contributed by atoms with Gasteiger partial charge in [-0.15, -0.1) is 0 Å². The molecule has 0 atom stereocenters. The van der Waals surface area contributed by atoms with Crippen molar-refractivity contribution in [3.05, 3.63) is 63.6 Å². The molecule has 134 valence electrons. The minimum atomic E-state index is -0.632. The molecular weight excluding hydrogens is 377 g/mol. The molecule has 1 amide bonds. The van der Waals surface area contributed by atoms with Crippen LogP contribution in [0.1, 0.15) is 33.6 Å². The first-order chi connectivity index (χ1) is 12.5. The summed E-state index contributed by atoms with van der Waals surface area (Å²) in [7, 11) is 0. The van der Waals surface area contributed by atoms with Crippen molar-refractivity contribution in [2.45, 2.75) is 12.8 Å². The van der Waals surface area contributed by atoms with Gasteiger partial charge in [-0.3, -0.25) is 9.59 Å². The number of hydrogen-bond donors (Lipinski definition) is 0. The smallest absolute Gasteiger partial charge is 0.338 e. The highest BCUT2D eigenvalue weighted by molar-refractivity contribution is 6.42. The van der Waals surface area contributed by atoms with Crippen molar-refractivity contribution in [2.24, 2.45) is 0 Å². The van der Waals surface area contributed by atoms with Gasteiger partial charge in [0.2, 0.25) is 5.91 Å². The van der Waals surface area contributed by atoms with Gasteiger partial charge in [-0.2, -0.15) is 0 Å².